The number of hydrogen-bond acceptors (Lipinski definition) is 9. The molecular weight excluding hydrogens is 680 g/mol. The Balaban J connectivity index is 1.54. The Kier molecular flexibility index (Phi) is 18.2. The van der Waals surface area contributed by atoms with Crippen LogP contribution in [-0.2, 0) is 48.4 Å². The minimum Gasteiger partial charge on any atom is -0.459 e. The number of alkyl carbamates (subject to hydrolysis) is 3. The summed E-state index contributed by atoms with van der Waals surface area (Å²) in [6.45, 7) is 6.01. The van der Waals surface area contributed by atoms with E-state index in [0.29, 0.717) is 32.2 Å². The topological polar surface area (TPSA) is 170 Å². The fourth-order valence-corrected chi connectivity index (χ4v) is 4.95. The van der Waals surface area contributed by atoms with Crippen molar-refractivity contribution >= 4 is 30.2 Å². The number of unbranched alkanes of at least 4 members (excludes halogenated alkanes) is 2. The molecule has 0 unspecified atom stereocenters. The summed E-state index contributed by atoms with van der Waals surface area (Å²) in [5.41, 5.74) is 1.71. The molecule has 3 rings (SSSR count). The molecule has 0 heterocycles. The lowest BCUT2D eigenvalue weighted by molar-refractivity contribution is -0.149. The molecular formula is C40H52N4O9. The predicted molar refractivity (Wildman–Crippen MR) is 198 cm³/mol. The standard InChI is InChI=1S/C40H52N4O9/c1-40(2,3)53-39(49)44-33(23-13-15-25-41-37(47)51-28-31-19-9-5-10-20-31)35(45)43-34(36(46)50-27-30-17-7-4-8-18-30)24-14-16-26-42-38(48)52-29-32-21-11-6-12-22-32/h4-12,17-22,33-34H,13-16,23-29H2,1-3H3,(H,41,47)(H,42,48)(H,43,45)(H,44,49)/t33-,34-/m0/s1. The Morgan fingerprint density at radius 3 is 1.38 bits per heavy atom. The summed E-state index contributed by atoms with van der Waals surface area (Å²) in [5.74, 6) is -1.22. The average molecular weight is 733 g/mol. The van der Waals surface area contributed by atoms with Crippen molar-refractivity contribution in [1.29, 1.82) is 0 Å². The lowest BCUT2D eigenvalue weighted by Gasteiger charge is -2.25. The van der Waals surface area contributed by atoms with Crippen LogP contribution < -0.4 is 21.3 Å². The zero-order valence-electron chi connectivity index (χ0n) is 30.8. The van der Waals surface area contributed by atoms with Crippen LogP contribution in [0.1, 0.15) is 76.0 Å². The van der Waals surface area contributed by atoms with Crippen LogP contribution in [0.3, 0.4) is 0 Å². The van der Waals surface area contributed by atoms with E-state index in [1.807, 2.05) is 91.0 Å². The Morgan fingerprint density at radius 2 is 0.943 bits per heavy atom. The number of amides is 4. The fourth-order valence-electron chi connectivity index (χ4n) is 4.95. The normalized spacial score (nSPS) is 12.0. The maximum Gasteiger partial charge on any atom is 0.408 e. The molecule has 0 aliphatic heterocycles. The van der Waals surface area contributed by atoms with E-state index < -0.39 is 47.8 Å². The summed E-state index contributed by atoms with van der Waals surface area (Å²) >= 11 is 0. The van der Waals surface area contributed by atoms with Crippen LogP contribution in [0.15, 0.2) is 91.0 Å². The molecule has 4 amide bonds. The average Bonchev–Trinajstić information content (AvgIpc) is 3.14. The Morgan fingerprint density at radius 1 is 0.528 bits per heavy atom. The number of carbonyl (C=O) groups excluding carboxylic acids is 5. The van der Waals surface area contributed by atoms with E-state index in [0.717, 1.165) is 16.7 Å². The third kappa shape index (κ3) is 18.5. The van der Waals surface area contributed by atoms with Crippen molar-refractivity contribution in [1.82, 2.24) is 21.3 Å². The third-order valence-corrected chi connectivity index (χ3v) is 7.64. The maximum atomic E-state index is 13.6. The third-order valence-electron chi connectivity index (χ3n) is 7.64. The van der Waals surface area contributed by atoms with Crippen molar-refractivity contribution in [2.45, 2.75) is 96.8 Å². The quantitative estimate of drug-likeness (QED) is 0.0591. The highest BCUT2D eigenvalue weighted by molar-refractivity contribution is 5.89. The molecule has 0 saturated carbocycles. The van der Waals surface area contributed by atoms with Gasteiger partial charge in [-0.3, -0.25) is 4.79 Å². The van der Waals surface area contributed by atoms with Crippen molar-refractivity contribution in [3.05, 3.63) is 108 Å². The summed E-state index contributed by atoms with van der Waals surface area (Å²) in [7, 11) is 0. The summed E-state index contributed by atoms with van der Waals surface area (Å²) in [5, 5.41) is 10.8. The van der Waals surface area contributed by atoms with Gasteiger partial charge in [0.25, 0.3) is 0 Å². The zero-order chi connectivity index (χ0) is 38.3. The van der Waals surface area contributed by atoms with Crippen molar-refractivity contribution in [3.63, 3.8) is 0 Å². The van der Waals surface area contributed by atoms with E-state index in [1.54, 1.807) is 20.8 Å². The Labute approximate surface area is 311 Å². The van der Waals surface area contributed by atoms with Crippen LogP contribution in [0.2, 0.25) is 0 Å². The monoisotopic (exact) mass is 732 g/mol. The van der Waals surface area contributed by atoms with Crippen molar-refractivity contribution in [2.75, 3.05) is 13.1 Å². The summed E-state index contributed by atoms with van der Waals surface area (Å²) in [4.78, 5) is 63.9. The molecule has 53 heavy (non-hydrogen) atoms. The molecule has 13 nitrogen and oxygen atoms in total. The van der Waals surface area contributed by atoms with Gasteiger partial charge in [-0.15, -0.1) is 0 Å². The minimum atomic E-state index is -1.04. The second kappa shape index (κ2) is 23.1. The SMILES string of the molecule is CC(C)(C)OC(=O)N[C@@H](CCCCNC(=O)OCc1ccccc1)C(=O)N[C@@H](CCCCNC(=O)OCc1ccccc1)C(=O)OCc1ccccc1. The largest absolute Gasteiger partial charge is 0.459 e. The molecule has 0 radical (unpaired) electrons. The second-order valence-electron chi connectivity index (χ2n) is 13.3. The zero-order valence-corrected chi connectivity index (χ0v) is 30.8. The molecule has 0 spiro atoms. The number of rotatable bonds is 20. The van der Waals surface area contributed by atoms with Crippen LogP contribution in [0, 0.1) is 0 Å². The first-order valence-corrected chi connectivity index (χ1v) is 17.9. The van der Waals surface area contributed by atoms with Gasteiger partial charge in [0.2, 0.25) is 5.91 Å². The highest BCUT2D eigenvalue weighted by Crippen LogP contribution is 2.11. The molecule has 286 valence electrons. The molecule has 0 aliphatic carbocycles. The number of nitrogens with one attached hydrogen (secondary N) is 4. The van der Waals surface area contributed by atoms with Crippen LogP contribution in [0.4, 0.5) is 14.4 Å². The van der Waals surface area contributed by atoms with Gasteiger partial charge in [0.15, 0.2) is 0 Å². The summed E-state index contributed by atoms with van der Waals surface area (Å²) in [6, 6.07) is 25.7. The number of hydrogen-bond donors (Lipinski definition) is 4. The predicted octanol–water partition coefficient (Wildman–Crippen LogP) is 6.30. The maximum absolute atomic E-state index is 13.6. The van der Waals surface area contributed by atoms with E-state index in [-0.39, 0.29) is 39.2 Å². The smallest absolute Gasteiger partial charge is 0.408 e. The van der Waals surface area contributed by atoms with Gasteiger partial charge in [0.1, 0.15) is 37.5 Å². The van der Waals surface area contributed by atoms with Crippen LogP contribution in [0.5, 0.6) is 0 Å². The van der Waals surface area contributed by atoms with Gasteiger partial charge in [-0.1, -0.05) is 91.0 Å². The molecule has 4 N–H and O–H groups in total. The van der Waals surface area contributed by atoms with E-state index in [2.05, 4.69) is 21.3 Å². The Bertz CT molecular complexity index is 1550. The van der Waals surface area contributed by atoms with Crippen molar-refractivity contribution < 1.29 is 42.9 Å². The van der Waals surface area contributed by atoms with E-state index in [4.69, 9.17) is 18.9 Å². The van der Waals surface area contributed by atoms with Crippen LogP contribution >= 0.6 is 0 Å². The van der Waals surface area contributed by atoms with Crippen LogP contribution in [-0.4, -0.2) is 60.9 Å². The number of esters is 1. The fraction of sp³-hybridized carbons (Fsp3) is 0.425. The number of benzene rings is 3. The highest BCUT2D eigenvalue weighted by atomic mass is 16.6. The van der Waals surface area contributed by atoms with E-state index >= 15 is 0 Å². The number of ether oxygens (including phenoxy) is 4. The van der Waals surface area contributed by atoms with Gasteiger partial charge in [-0.05, 0) is 76.0 Å². The summed E-state index contributed by atoms with van der Waals surface area (Å²) in [6.07, 6.45) is 0.405. The molecule has 2 atom stereocenters. The van der Waals surface area contributed by atoms with Gasteiger partial charge in [-0.2, -0.15) is 0 Å². The van der Waals surface area contributed by atoms with Crippen molar-refractivity contribution in [2.24, 2.45) is 0 Å². The number of carbonyl (C=O) groups is 5. The molecule has 3 aromatic carbocycles. The molecule has 0 aliphatic rings. The van der Waals surface area contributed by atoms with E-state index in [9.17, 15) is 24.0 Å². The molecule has 0 fully saturated rings. The second-order valence-corrected chi connectivity index (χ2v) is 13.3. The van der Waals surface area contributed by atoms with E-state index in [1.165, 1.54) is 0 Å². The highest BCUT2D eigenvalue weighted by Gasteiger charge is 2.29. The first-order valence-electron chi connectivity index (χ1n) is 17.9. The molecule has 0 bridgehead atoms. The molecule has 3 aromatic rings. The lowest BCUT2D eigenvalue weighted by atomic mass is 10.1. The Hall–Kier alpha value is -5.59. The minimum absolute atomic E-state index is 0.0151. The molecule has 13 heteroatoms. The first kappa shape index (κ1) is 41.8. The lowest BCUT2D eigenvalue weighted by Crippen LogP contribution is -2.52. The molecule has 0 aromatic heterocycles. The van der Waals surface area contributed by atoms with Gasteiger partial charge in [-0.25, -0.2) is 19.2 Å². The van der Waals surface area contributed by atoms with Crippen LogP contribution in [0.25, 0.3) is 0 Å². The molecule has 0 saturated heterocycles. The van der Waals surface area contributed by atoms with Gasteiger partial charge in [0.05, 0.1) is 0 Å². The van der Waals surface area contributed by atoms with Crippen molar-refractivity contribution in [3.8, 4) is 0 Å². The summed E-state index contributed by atoms with van der Waals surface area (Å²) < 4.78 is 21.4. The first-order chi connectivity index (χ1) is 25.5. The van der Waals surface area contributed by atoms with Gasteiger partial charge in [0, 0.05) is 13.1 Å². The van der Waals surface area contributed by atoms with Gasteiger partial charge >= 0.3 is 24.2 Å². The van der Waals surface area contributed by atoms with Gasteiger partial charge < -0.3 is 40.2 Å².